The molecule has 4 nitrogen and oxygen atoms in total. The fourth-order valence-electron chi connectivity index (χ4n) is 4.20. The average Bonchev–Trinajstić information content (AvgIpc) is 3.11. The van der Waals surface area contributed by atoms with Crippen molar-refractivity contribution in [2.24, 2.45) is 5.92 Å². The second-order valence-corrected chi connectivity index (χ2v) is 6.78. The van der Waals surface area contributed by atoms with Gasteiger partial charge >= 0.3 is 5.97 Å². The summed E-state index contributed by atoms with van der Waals surface area (Å²) < 4.78 is 5.59. The molecule has 0 saturated carbocycles. The Kier molecular flexibility index (Phi) is 3.75. The third-order valence-corrected chi connectivity index (χ3v) is 5.44. The van der Waals surface area contributed by atoms with E-state index in [1.54, 1.807) is 19.2 Å². The van der Waals surface area contributed by atoms with Crippen LogP contribution in [0.3, 0.4) is 0 Å². The van der Waals surface area contributed by atoms with Crippen LogP contribution in [0.1, 0.15) is 45.4 Å². The first-order chi connectivity index (χ1) is 12.1. The largest absolute Gasteiger partial charge is 0.495 e. The summed E-state index contributed by atoms with van der Waals surface area (Å²) in [5.74, 6) is 0.738. The van der Waals surface area contributed by atoms with Crippen LogP contribution in [-0.4, -0.2) is 18.2 Å². The maximum Gasteiger partial charge on any atom is 0.335 e. The number of fused-ring (bicyclic) bond motifs is 3. The SMILES string of the molecule is COc1ccc(C)c2c1N[C@H](c1ccc(C(=O)O)cc1)[C@@H]1CC=C[C@H]21. The summed E-state index contributed by atoms with van der Waals surface area (Å²) in [5, 5.41) is 12.8. The van der Waals surface area contributed by atoms with Crippen molar-refractivity contribution in [2.75, 3.05) is 12.4 Å². The minimum absolute atomic E-state index is 0.131. The number of methoxy groups -OCH3 is 1. The van der Waals surface area contributed by atoms with Crippen LogP contribution in [0.2, 0.25) is 0 Å². The molecule has 2 aliphatic rings. The lowest BCUT2D eigenvalue weighted by Crippen LogP contribution is -2.30. The van der Waals surface area contributed by atoms with Gasteiger partial charge in [0.25, 0.3) is 0 Å². The number of hydrogen-bond acceptors (Lipinski definition) is 3. The van der Waals surface area contributed by atoms with Gasteiger partial charge < -0.3 is 15.2 Å². The van der Waals surface area contributed by atoms with Gasteiger partial charge in [0.2, 0.25) is 0 Å². The van der Waals surface area contributed by atoms with Crippen LogP contribution in [0.15, 0.2) is 48.6 Å². The second kappa shape index (κ2) is 5.96. The number of allylic oxidation sites excluding steroid dienone is 2. The number of carboxylic acids is 1. The zero-order chi connectivity index (χ0) is 17.6. The summed E-state index contributed by atoms with van der Waals surface area (Å²) in [6.07, 6.45) is 5.57. The van der Waals surface area contributed by atoms with Crippen LogP contribution >= 0.6 is 0 Å². The maximum atomic E-state index is 11.1. The normalized spacial score (nSPS) is 23.5. The Balaban J connectivity index is 1.79. The molecule has 0 radical (unpaired) electrons. The van der Waals surface area contributed by atoms with E-state index in [2.05, 4.69) is 30.5 Å². The fraction of sp³-hybridized carbons (Fsp3) is 0.286. The van der Waals surface area contributed by atoms with Crippen molar-refractivity contribution < 1.29 is 14.6 Å². The van der Waals surface area contributed by atoms with E-state index < -0.39 is 5.97 Å². The molecule has 4 heteroatoms. The summed E-state index contributed by atoms with van der Waals surface area (Å²) in [5.41, 5.74) is 5.07. The molecule has 0 bridgehead atoms. The van der Waals surface area contributed by atoms with Crippen LogP contribution in [0.5, 0.6) is 5.75 Å². The molecular formula is C21H21NO3. The first-order valence-electron chi connectivity index (χ1n) is 8.54. The molecule has 0 spiro atoms. The van der Waals surface area contributed by atoms with Gasteiger partial charge in [0, 0.05) is 5.92 Å². The topological polar surface area (TPSA) is 58.6 Å². The molecule has 2 N–H and O–H groups in total. The van der Waals surface area contributed by atoms with Gasteiger partial charge in [0.05, 0.1) is 24.4 Å². The van der Waals surface area contributed by atoms with E-state index in [-0.39, 0.29) is 6.04 Å². The molecule has 128 valence electrons. The Morgan fingerprint density at radius 1 is 1.20 bits per heavy atom. The fourth-order valence-corrected chi connectivity index (χ4v) is 4.20. The molecule has 1 aliphatic carbocycles. The second-order valence-electron chi connectivity index (χ2n) is 6.78. The smallest absolute Gasteiger partial charge is 0.335 e. The summed E-state index contributed by atoms with van der Waals surface area (Å²) in [7, 11) is 1.69. The molecule has 3 atom stereocenters. The molecule has 0 fully saturated rings. The molecule has 2 aromatic carbocycles. The minimum Gasteiger partial charge on any atom is -0.495 e. The summed E-state index contributed by atoms with van der Waals surface area (Å²) in [6, 6.07) is 11.5. The van der Waals surface area contributed by atoms with E-state index in [0.717, 1.165) is 23.4 Å². The number of hydrogen-bond donors (Lipinski definition) is 2. The first kappa shape index (κ1) is 15.8. The molecule has 2 aromatic rings. The van der Waals surface area contributed by atoms with Crippen LogP contribution in [0.25, 0.3) is 0 Å². The molecule has 0 aromatic heterocycles. The van der Waals surface area contributed by atoms with E-state index in [1.165, 1.54) is 11.1 Å². The molecule has 1 aliphatic heterocycles. The van der Waals surface area contributed by atoms with E-state index in [4.69, 9.17) is 9.84 Å². The van der Waals surface area contributed by atoms with Gasteiger partial charge in [-0.3, -0.25) is 0 Å². The Hall–Kier alpha value is -2.75. The number of ether oxygens (including phenoxy) is 1. The zero-order valence-corrected chi connectivity index (χ0v) is 14.3. The predicted octanol–water partition coefficient (Wildman–Crippen LogP) is 4.53. The molecule has 0 saturated heterocycles. The van der Waals surface area contributed by atoms with Crippen molar-refractivity contribution in [3.8, 4) is 5.75 Å². The molecule has 1 heterocycles. The van der Waals surface area contributed by atoms with Gasteiger partial charge in [0.1, 0.15) is 5.75 Å². The number of aryl methyl sites for hydroxylation is 1. The van der Waals surface area contributed by atoms with E-state index in [1.807, 2.05) is 18.2 Å². The number of carboxylic acid groups (broad SMARTS) is 1. The van der Waals surface area contributed by atoms with Gasteiger partial charge in [-0.1, -0.05) is 30.4 Å². The highest BCUT2D eigenvalue weighted by Crippen LogP contribution is 2.53. The Bertz CT molecular complexity index is 854. The number of rotatable bonds is 3. The molecule has 25 heavy (non-hydrogen) atoms. The number of anilines is 1. The van der Waals surface area contributed by atoms with Crippen molar-refractivity contribution in [1.29, 1.82) is 0 Å². The van der Waals surface area contributed by atoms with E-state index in [9.17, 15) is 4.79 Å². The summed E-state index contributed by atoms with van der Waals surface area (Å²) in [4.78, 5) is 11.1. The van der Waals surface area contributed by atoms with Gasteiger partial charge in [0.15, 0.2) is 0 Å². The van der Waals surface area contributed by atoms with Crippen LogP contribution in [-0.2, 0) is 0 Å². The van der Waals surface area contributed by atoms with Crippen molar-refractivity contribution in [1.82, 2.24) is 0 Å². The predicted molar refractivity (Wildman–Crippen MR) is 97.5 cm³/mol. The van der Waals surface area contributed by atoms with Crippen LogP contribution < -0.4 is 10.1 Å². The highest BCUT2D eigenvalue weighted by Gasteiger charge is 2.39. The Labute approximate surface area is 147 Å². The maximum absolute atomic E-state index is 11.1. The number of carbonyl (C=O) groups is 1. The van der Waals surface area contributed by atoms with Gasteiger partial charge in [-0.25, -0.2) is 4.79 Å². The van der Waals surface area contributed by atoms with Gasteiger partial charge in [-0.05, 0) is 54.2 Å². The van der Waals surface area contributed by atoms with E-state index in [0.29, 0.717) is 17.4 Å². The Morgan fingerprint density at radius 3 is 2.64 bits per heavy atom. The third-order valence-electron chi connectivity index (χ3n) is 5.44. The highest BCUT2D eigenvalue weighted by atomic mass is 16.5. The van der Waals surface area contributed by atoms with Crippen LogP contribution in [0.4, 0.5) is 5.69 Å². The molecule has 0 amide bonds. The molecular weight excluding hydrogens is 314 g/mol. The third kappa shape index (κ3) is 2.49. The van der Waals surface area contributed by atoms with Crippen molar-refractivity contribution >= 4 is 11.7 Å². The van der Waals surface area contributed by atoms with Gasteiger partial charge in [-0.2, -0.15) is 0 Å². The van der Waals surface area contributed by atoms with Gasteiger partial charge in [-0.15, -0.1) is 0 Å². The lowest BCUT2D eigenvalue weighted by molar-refractivity contribution is 0.0697. The molecule has 0 unspecified atom stereocenters. The molecule has 4 rings (SSSR count). The van der Waals surface area contributed by atoms with Crippen molar-refractivity contribution in [3.63, 3.8) is 0 Å². The monoisotopic (exact) mass is 335 g/mol. The van der Waals surface area contributed by atoms with Crippen molar-refractivity contribution in [2.45, 2.75) is 25.3 Å². The summed E-state index contributed by atoms with van der Waals surface area (Å²) >= 11 is 0. The highest BCUT2D eigenvalue weighted by molar-refractivity contribution is 5.87. The summed E-state index contributed by atoms with van der Waals surface area (Å²) in [6.45, 7) is 2.14. The van der Waals surface area contributed by atoms with Crippen LogP contribution in [0, 0.1) is 12.8 Å². The lowest BCUT2D eigenvalue weighted by Gasteiger charge is -2.39. The number of benzene rings is 2. The zero-order valence-electron chi connectivity index (χ0n) is 14.3. The Morgan fingerprint density at radius 2 is 1.96 bits per heavy atom. The van der Waals surface area contributed by atoms with Crippen molar-refractivity contribution in [3.05, 3.63) is 70.8 Å². The quantitative estimate of drug-likeness (QED) is 0.809. The standard InChI is InChI=1S/C21H21NO3/c1-12-6-11-17(25-2)20-18(12)15-4-3-5-16(15)19(22-20)13-7-9-14(10-8-13)21(23)24/h3-4,6-11,15-16,19,22H,5H2,1-2H3,(H,23,24)/t15-,16+,19+/m0/s1. The first-order valence-corrected chi connectivity index (χ1v) is 8.54. The minimum atomic E-state index is -0.897. The number of nitrogens with one attached hydrogen (secondary N) is 1. The lowest BCUT2D eigenvalue weighted by atomic mass is 9.75. The average molecular weight is 335 g/mol. The van der Waals surface area contributed by atoms with E-state index >= 15 is 0 Å². The number of aromatic carboxylic acids is 1.